The van der Waals surface area contributed by atoms with E-state index in [-0.39, 0.29) is 0 Å². The highest BCUT2D eigenvalue weighted by atomic mass is 19.4. The predicted octanol–water partition coefficient (Wildman–Crippen LogP) is 4.36. The van der Waals surface area contributed by atoms with Crippen LogP contribution in [0, 0.1) is 17.8 Å². The van der Waals surface area contributed by atoms with E-state index in [2.05, 4.69) is 25.7 Å². The minimum absolute atomic E-state index is 0.319. The molecule has 0 spiro atoms. The lowest BCUT2D eigenvalue weighted by Gasteiger charge is -2.13. The van der Waals surface area contributed by atoms with E-state index in [0.717, 1.165) is 32.1 Å². The lowest BCUT2D eigenvalue weighted by atomic mass is 9.97. The molecule has 0 aromatic heterocycles. The van der Waals surface area contributed by atoms with E-state index in [9.17, 15) is 23.1 Å². The van der Waals surface area contributed by atoms with Crippen molar-refractivity contribution in [1.29, 1.82) is 0 Å². The topological polar surface area (TPSA) is 49.3 Å². The van der Waals surface area contributed by atoms with Gasteiger partial charge in [0.15, 0.2) is 0 Å². The Morgan fingerprint density at radius 2 is 1.96 bits per heavy atom. The van der Waals surface area contributed by atoms with Crippen molar-refractivity contribution >= 4 is 5.91 Å². The second kappa shape index (κ2) is 10.9. The van der Waals surface area contributed by atoms with E-state index in [0.29, 0.717) is 17.0 Å². The van der Waals surface area contributed by atoms with E-state index >= 15 is 0 Å². The van der Waals surface area contributed by atoms with Crippen LogP contribution in [0.25, 0.3) is 0 Å². The first-order valence-corrected chi connectivity index (χ1v) is 8.92. The second-order valence-corrected chi connectivity index (χ2v) is 6.25. The van der Waals surface area contributed by atoms with Crippen LogP contribution in [0.2, 0.25) is 0 Å². The maximum atomic E-state index is 12.2. The van der Waals surface area contributed by atoms with E-state index < -0.39 is 24.7 Å². The van der Waals surface area contributed by atoms with E-state index in [1.54, 1.807) is 29.6 Å². The normalized spacial score (nSPS) is 13.5. The molecule has 1 rings (SSSR count). The number of aliphatic hydroxyl groups is 1. The summed E-state index contributed by atoms with van der Waals surface area (Å²) in [7, 11) is 0. The van der Waals surface area contributed by atoms with Gasteiger partial charge in [-0.25, -0.2) is 0 Å². The van der Waals surface area contributed by atoms with Gasteiger partial charge in [0, 0.05) is 18.0 Å². The van der Waals surface area contributed by atoms with Gasteiger partial charge in [-0.2, -0.15) is 13.2 Å². The van der Waals surface area contributed by atoms with Crippen molar-refractivity contribution in [3.63, 3.8) is 0 Å². The summed E-state index contributed by atoms with van der Waals surface area (Å²) in [6.45, 7) is 3.75. The number of benzene rings is 1. The second-order valence-electron chi connectivity index (χ2n) is 6.25. The largest absolute Gasteiger partial charge is 0.471 e. The molecule has 0 fully saturated rings. The van der Waals surface area contributed by atoms with Crippen LogP contribution in [0.15, 0.2) is 24.3 Å². The van der Waals surface area contributed by atoms with E-state index in [1.807, 2.05) is 0 Å². The fraction of sp³-hybridized carbons (Fsp3) is 0.550. The Morgan fingerprint density at radius 3 is 2.58 bits per heavy atom. The summed E-state index contributed by atoms with van der Waals surface area (Å²) in [6, 6.07) is 6.71. The summed E-state index contributed by atoms with van der Waals surface area (Å²) in [6.07, 6.45) is -0.818. The summed E-state index contributed by atoms with van der Waals surface area (Å²) in [5.74, 6) is 4.61. The molecule has 0 aliphatic heterocycles. The molecule has 2 N–H and O–H groups in total. The van der Waals surface area contributed by atoms with Crippen LogP contribution in [0.5, 0.6) is 0 Å². The Balaban J connectivity index is 2.75. The minimum atomic E-state index is -4.96. The van der Waals surface area contributed by atoms with Gasteiger partial charge < -0.3 is 10.4 Å². The molecule has 6 heteroatoms. The van der Waals surface area contributed by atoms with Gasteiger partial charge in [-0.15, -0.1) is 0 Å². The number of carbonyl (C=O) groups is 1. The number of hydrogen-bond donors (Lipinski definition) is 2. The molecule has 1 amide bonds. The molecular formula is C20H26F3NO2. The van der Waals surface area contributed by atoms with Crippen LogP contribution in [0.4, 0.5) is 13.2 Å². The fourth-order valence-corrected chi connectivity index (χ4v) is 2.50. The quantitative estimate of drug-likeness (QED) is 0.669. The predicted molar refractivity (Wildman–Crippen MR) is 95.3 cm³/mol. The highest BCUT2D eigenvalue weighted by molar-refractivity contribution is 5.81. The number of rotatable bonds is 8. The number of nitrogens with one attached hydrogen (secondary N) is 1. The number of alkyl halides is 3. The van der Waals surface area contributed by atoms with E-state index in [4.69, 9.17) is 0 Å². The van der Waals surface area contributed by atoms with Crippen LogP contribution >= 0.6 is 0 Å². The van der Waals surface area contributed by atoms with Gasteiger partial charge >= 0.3 is 12.1 Å². The molecule has 1 aromatic rings. The minimum Gasteiger partial charge on any atom is -0.387 e. The van der Waals surface area contributed by atoms with Crippen molar-refractivity contribution in [3.8, 4) is 11.8 Å². The van der Waals surface area contributed by atoms with Gasteiger partial charge in [0.05, 0.1) is 6.10 Å². The first-order valence-electron chi connectivity index (χ1n) is 8.92. The smallest absolute Gasteiger partial charge is 0.387 e. The number of carbonyl (C=O) groups excluding carboxylic acids is 1. The van der Waals surface area contributed by atoms with E-state index in [1.165, 1.54) is 0 Å². The van der Waals surface area contributed by atoms with Gasteiger partial charge in [0.25, 0.3) is 0 Å². The van der Waals surface area contributed by atoms with Gasteiger partial charge in [-0.05, 0) is 30.5 Å². The molecule has 0 aliphatic carbocycles. The molecule has 0 saturated heterocycles. The lowest BCUT2D eigenvalue weighted by molar-refractivity contribution is -0.174. The van der Waals surface area contributed by atoms with Crippen LogP contribution in [0.3, 0.4) is 0 Å². The van der Waals surface area contributed by atoms with Crippen LogP contribution in [0.1, 0.15) is 63.2 Å². The molecule has 0 heterocycles. The molecule has 2 atom stereocenters. The third kappa shape index (κ3) is 7.92. The average molecular weight is 369 g/mol. The zero-order chi connectivity index (χ0) is 19.6. The first-order chi connectivity index (χ1) is 12.3. The molecule has 0 saturated carbocycles. The maximum absolute atomic E-state index is 12.2. The Labute approximate surface area is 153 Å². The standard InChI is InChI=1S/C20H26F3NO2/c1-3-5-8-15(7-4-2)11-12-16-9-6-10-17(13-16)18(25)14-24-19(26)20(21,22)23/h6,9-10,13,15,18,25H,3-5,7-8,14H2,1-2H3,(H,24,26)/t15?,18-/m1/s1. The average Bonchev–Trinajstić information content (AvgIpc) is 2.61. The number of amides is 1. The van der Waals surface area contributed by atoms with Crippen molar-refractivity contribution in [2.45, 2.75) is 58.2 Å². The molecule has 3 nitrogen and oxygen atoms in total. The van der Waals surface area contributed by atoms with Crippen molar-refractivity contribution in [2.24, 2.45) is 5.92 Å². The van der Waals surface area contributed by atoms with Crippen molar-refractivity contribution in [1.82, 2.24) is 5.32 Å². The van der Waals surface area contributed by atoms with Gasteiger partial charge in [0.1, 0.15) is 0 Å². The summed E-state index contributed by atoms with van der Waals surface area (Å²) in [5, 5.41) is 11.7. The number of aliphatic hydroxyl groups excluding tert-OH is 1. The highest BCUT2D eigenvalue weighted by Crippen LogP contribution is 2.18. The lowest BCUT2D eigenvalue weighted by Crippen LogP contribution is -2.38. The van der Waals surface area contributed by atoms with Crippen LogP contribution in [-0.4, -0.2) is 23.7 Å². The highest BCUT2D eigenvalue weighted by Gasteiger charge is 2.38. The molecule has 144 valence electrons. The van der Waals surface area contributed by atoms with Gasteiger partial charge in [0.2, 0.25) is 0 Å². The molecule has 0 radical (unpaired) electrons. The number of halogens is 3. The molecule has 1 aromatic carbocycles. The zero-order valence-electron chi connectivity index (χ0n) is 15.2. The van der Waals surface area contributed by atoms with Gasteiger partial charge in [-0.3, -0.25) is 4.79 Å². The zero-order valence-corrected chi connectivity index (χ0v) is 15.2. The Bertz CT molecular complexity index is 632. The first kappa shape index (κ1) is 22.0. The van der Waals surface area contributed by atoms with Gasteiger partial charge in [-0.1, -0.05) is 57.1 Å². The summed E-state index contributed by atoms with van der Waals surface area (Å²) < 4.78 is 36.5. The molecule has 26 heavy (non-hydrogen) atoms. The Hall–Kier alpha value is -2.00. The Kier molecular flexibility index (Phi) is 9.22. The molecule has 1 unspecified atom stereocenters. The van der Waals surface area contributed by atoms with Crippen LogP contribution < -0.4 is 5.32 Å². The van der Waals surface area contributed by atoms with Crippen LogP contribution in [-0.2, 0) is 4.79 Å². The Morgan fingerprint density at radius 1 is 1.23 bits per heavy atom. The summed E-state index contributed by atoms with van der Waals surface area (Å²) in [5.41, 5.74) is 1.11. The van der Waals surface area contributed by atoms with Crippen molar-refractivity contribution in [3.05, 3.63) is 35.4 Å². The monoisotopic (exact) mass is 369 g/mol. The summed E-state index contributed by atoms with van der Waals surface area (Å²) >= 11 is 0. The van der Waals surface area contributed by atoms with Crippen molar-refractivity contribution < 1.29 is 23.1 Å². The third-order valence-electron chi connectivity index (χ3n) is 3.95. The van der Waals surface area contributed by atoms with Crippen molar-refractivity contribution in [2.75, 3.05) is 6.54 Å². The molecule has 0 aliphatic rings. The third-order valence-corrected chi connectivity index (χ3v) is 3.95. The number of hydrogen-bond acceptors (Lipinski definition) is 2. The molecule has 0 bridgehead atoms. The SMILES string of the molecule is CCCCC(C#Cc1cccc([C@H](O)CNC(=O)C(F)(F)F)c1)CCC. The number of unbranched alkanes of at least 4 members (excludes halogenated alkanes) is 1. The fourth-order valence-electron chi connectivity index (χ4n) is 2.50. The summed E-state index contributed by atoms with van der Waals surface area (Å²) in [4.78, 5) is 10.8. The molecular weight excluding hydrogens is 343 g/mol. The maximum Gasteiger partial charge on any atom is 0.471 e.